The number of aromatic amines is 1. The fourth-order valence-electron chi connectivity index (χ4n) is 1.73. The zero-order valence-electron chi connectivity index (χ0n) is 8.92. The Morgan fingerprint density at radius 1 is 1.56 bits per heavy atom. The molecule has 18 heavy (non-hydrogen) atoms. The first-order valence-corrected chi connectivity index (χ1v) is 5.96. The zero-order chi connectivity index (χ0) is 13.4. The molecule has 0 amide bonds. The van der Waals surface area contributed by atoms with Crippen LogP contribution in [0.3, 0.4) is 0 Å². The first kappa shape index (κ1) is 13.4. The SMILES string of the molecule is O=c1[nH]c(=O)n([C@H]2O[C@H](CO)[C@@H](O)[C@@H]2Br)cc1F. The summed E-state index contributed by atoms with van der Waals surface area (Å²) in [5.74, 6) is -1.14. The smallest absolute Gasteiger partial charge is 0.330 e. The van der Waals surface area contributed by atoms with Crippen molar-refractivity contribution in [1.29, 1.82) is 0 Å². The number of aliphatic hydroxyl groups excluding tert-OH is 2. The lowest BCUT2D eigenvalue weighted by atomic mass is 10.2. The van der Waals surface area contributed by atoms with Gasteiger partial charge in [-0.2, -0.15) is 4.39 Å². The Kier molecular flexibility index (Phi) is 3.66. The van der Waals surface area contributed by atoms with E-state index in [1.54, 1.807) is 4.98 Å². The maximum Gasteiger partial charge on any atom is 0.330 e. The summed E-state index contributed by atoms with van der Waals surface area (Å²) in [6.45, 7) is -0.444. The lowest BCUT2D eigenvalue weighted by Gasteiger charge is -2.16. The molecule has 100 valence electrons. The van der Waals surface area contributed by atoms with Gasteiger partial charge in [0.15, 0.2) is 6.23 Å². The maximum atomic E-state index is 13.1. The van der Waals surface area contributed by atoms with Gasteiger partial charge in [0.25, 0.3) is 5.56 Å². The highest BCUT2D eigenvalue weighted by Crippen LogP contribution is 2.33. The standard InChI is InChI=1S/C9H10BrFN2O5/c10-5-6(15)4(2-14)18-8(5)13-1-3(11)7(16)12-9(13)17/h1,4-6,8,14-15H,2H2,(H,12,16,17)/t4-,5+,6-,8+/m1/s1. The molecule has 4 atom stereocenters. The molecule has 0 bridgehead atoms. The second-order valence-electron chi connectivity index (χ2n) is 3.83. The summed E-state index contributed by atoms with van der Waals surface area (Å²) in [5.41, 5.74) is -1.98. The van der Waals surface area contributed by atoms with Crippen molar-refractivity contribution in [2.45, 2.75) is 23.3 Å². The summed E-state index contributed by atoms with van der Waals surface area (Å²) in [6.07, 6.45) is -2.26. The fraction of sp³-hybridized carbons (Fsp3) is 0.556. The maximum absolute atomic E-state index is 13.1. The monoisotopic (exact) mass is 324 g/mol. The second-order valence-corrected chi connectivity index (χ2v) is 4.88. The van der Waals surface area contributed by atoms with E-state index >= 15 is 0 Å². The Morgan fingerprint density at radius 3 is 2.78 bits per heavy atom. The highest BCUT2D eigenvalue weighted by Gasteiger charge is 2.43. The van der Waals surface area contributed by atoms with Crippen LogP contribution in [0.15, 0.2) is 15.8 Å². The number of hydrogen-bond acceptors (Lipinski definition) is 5. The normalized spacial score (nSPS) is 31.8. The molecule has 1 aliphatic rings. The van der Waals surface area contributed by atoms with Gasteiger partial charge < -0.3 is 14.9 Å². The first-order valence-electron chi connectivity index (χ1n) is 5.05. The van der Waals surface area contributed by atoms with Crippen molar-refractivity contribution < 1.29 is 19.3 Å². The summed E-state index contributed by atoms with van der Waals surface area (Å²) in [5, 5.41) is 18.7. The van der Waals surface area contributed by atoms with Crippen LogP contribution >= 0.6 is 15.9 Å². The number of nitrogens with one attached hydrogen (secondary N) is 1. The quantitative estimate of drug-likeness (QED) is 0.586. The van der Waals surface area contributed by atoms with Crippen LogP contribution in [0.5, 0.6) is 0 Å². The van der Waals surface area contributed by atoms with E-state index in [2.05, 4.69) is 15.9 Å². The molecule has 0 aromatic carbocycles. The van der Waals surface area contributed by atoms with E-state index in [1.807, 2.05) is 0 Å². The van der Waals surface area contributed by atoms with Crippen molar-refractivity contribution in [3.05, 3.63) is 32.9 Å². The predicted octanol–water partition coefficient (Wildman–Crippen LogP) is -1.31. The van der Waals surface area contributed by atoms with Crippen LogP contribution in [0.25, 0.3) is 0 Å². The van der Waals surface area contributed by atoms with E-state index in [0.29, 0.717) is 6.20 Å². The third-order valence-corrected chi connectivity index (χ3v) is 3.67. The molecule has 1 aromatic heterocycles. The third kappa shape index (κ3) is 2.14. The lowest BCUT2D eigenvalue weighted by Crippen LogP contribution is -2.36. The molecule has 1 aliphatic heterocycles. The van der Waals surface area contributed by atoms with Crippen LogP contribution in [0, 0.1) is 5.82 Å². The van der Waals surface area contributed by atoms with Crippen molar-refractivity contribution in [3.8, 4) is 0 Å². The molecule has 2 heterocycles. The number of aliphatic hydroxyl groups is 2. The number of ether oxygens (including phenoxy) is 1. The van der Waals surface area contributed by atoms with Crippen molar-refractivity contribution in [2.75, 3.05) is 6.61 Å². The minimum Gasteiger partial charge on any atom is -0.394 e. The summed E-state index contributed by atoms with van der Waals surface area (Å²) in [4.78, 5) is 23.5. The number of rotatable bonds is 2. The van der Waals surface area contributed by atoms with Gasteiger partial charge in [-0.05, 0) is 0 Å². The Morgan fingerprint density at radius 2 is 2.22 bits per heavy atom. The van der Waals surface area contributed by atoms with E-state index in [9.17, 15) is 19.1 Å². The van der Waals surface area contributed by atoms with Gasteiger partial charge >= 0.3 is 5.69 Å². The Bertz CT molecular complexity index is 559. The number of nitrogens with zero attached hydrogens (tertiary/aromatic N) is 1. The summed E-state index contributed by atoms with van der Waals surface area (Å²) in [7, 11) is 0. The molecule has 0 unspecified atom stereocenters. The number of H-pyrrole nitrogens is 1. The van der Waals surface area contributed by atoms with E-state index in [1.165, 1.54) is 0 Å². The van der Waals surface area contributed by atoms with Crippen LogP contribution in [-0.2, 0) is 4.74 Å². The van der Waals surface area contributed by atoms with Gasteiger partial charge in [0.2, 0.25) is 5.82 Å². The molecule has 0 radical (unpaired) electrons. The van der Waals surface area contributed by atoms with Gasteiger partial charge in [0.1, 0.15) is 6.10 Å². The molecule has 0 aliphatic carbocycles. The Hall–Kier alpha value is -1.03. The molecular formula is C9H10BrFN2O5. The van der Waals surface area contributed by atoms with Crippen LogP contribution in [0.2, 0.25) is 0 Å². The largest absolute Gasteiger partial charge is 0.394 e. The minimum absolute atomic E-state index is 0.444. The highest BCUT2D eigenvalue weighted by atomic mass is 79.9. The van der Waals surface area contributed by atoms with E-state index < -0.39 is 46.9 Å². The topological polar surface area (TPSA) is 105 Å². The molecule has 2 rings (SSSR count). The van der Waals surface area contributed by atoms with Gasteiger partial charge in [-0.1, -0.05) is 15.9 Å². The number of halogens is 2. The average Bonchev–Trinajstić information content (AvgIpc) is 2.61. The number of alkyl halides is 1. The molecule has 9 heteroatoms. The van der Waals surface area contributed by atoms with Gasteiger partial charge in [-0.25, -0.2) is 4.79 Å². The molecule has 0 saturated carbocycles. The third-order valence-electron chi connectivity index (χ3n) is 2.67. The van der Waals surface area contributed by atoms with E-state index in [0.717, 1.165) is 4.57 Å². The van der Waals surface area contributed by atoms with Crippen molar-refractivity contribution >= 4 is 15.9 Å². The molecule has 1 aromatic rings. The molecule has 0 spiro atoms. The number of aromatic nitrogens is 2. The summed E-state index contributed by atoms with van der Waals surface area (Å²) >= 11 is 3.10. The first-order chi connectivity index (χ1) is 8.45. The highest BCUT2D eigenvalue weighted by molar-refractivity contribution is 9.09. The van der Waals surface area contributed by atoms with Crippen molar-refractivity contribution in [3.63, 3.8) is 0 Å². The molecule has 3 N–H and O–H groups in total. The zero-order valence-corrected chi connectivity index (χ0v) is 10.5. The summed E-state index contributed by atoms with van der Waals surface area (Å²) < 4.78 is 19.2. The Labute approximate surface area is 108 Å². The van der Waals surface area contributed by atoms with Crippen LogP contribution < -0.4 is 11.2 Å². The van der Waals surface area contributed by atoms with E-state index in [-0.39, 0.29) is 0 Å². The summed E-state index contributed by atoms with van der Waals surface area (Å²) in [6, 6.07) is 0. The average molecular weight is 325 g/mol. The van der Waals surface area contributed by atoms with Crippen LogP contribution in [-0.4, -0.2) is 43.4 Å². The van der Waals surface area contributed by atoms with Gasteiger partial charge in [-0.15, -0.1) is 0 Å². The Balaban J connectivity index is 2.42. The van der Waals surface area contributed by atoms with Gasteiger partial charge in [0, 0.05) is 0 Å². The lowest BCUT2D eigenvalue weighted by molar-refractivity contribution is -0.0459. The molecular weight excluding hydrogens is 315 g/mol. The molecule has 7 nitrogen and oxygen atoms in total. The predicted molar refractivity (Wildman–Crippen MR) is 61.0 cm³/mol. The van der Waals surface area contributed by atoms with E-state index in [4.69, 9.17) is 9.84 Å². The molecule has 1 fully saturated rings. The van der Waals surface area contributed by atoms with Crippen LogP contribution in [0.4, 0.5) is 4.39 Å². The van der Waals surface area contributed by atoms with Gasteiger partial charge in [-0.3, -0.25) is 14.3 Å². The second kappa shape index (κ2) is 4.92. The number of hydrogen-bond donors (Lipinski definition) is 3. The van der Waals surface area contributed by atoms with Crippen LogP contribution in [0.1, 0.15) is 6.23 Å². The molecule has 1 saturated heterocycles. The fourth-order valence-corrected chi connectivity index (χ4v) is 2.45. The van der Waals surface area contributed by atoms with Crippen molar-refractivity contribution in [2.24, 2.45) is 0 Å². The minimum atomic E-state index is -1.14. The van der Waals surface area contributed by atoms with Gasteiger partial charge in [0.05, 0.1) is 23.7 Å². The van der Waals surface area contributed by atoms with Crippen molar-refractivity contribution in [1.82, 2.24) is 9.55 Å².